The summed E-state index contributed by atoms with van der Waals surface area (Å²) in [5, 5.41) is 1.96. The molecule has 0 aliphatic heterocycles. The van der Waals surface area contributed by atoms with Crippen molar-refractivity contribution in [3.63, 3.8) is 0 Å². The van der Waals surface area contributed by atoms with Crippen LogP contribution in [0, 0.1) is 6.92 Å². The monoisotopic (exact) mass is 394 g/mol. The van der Waals surface area contributed by atoms with Gasteiger partial charge in [0.25, 0.3) is 0 Å². The Morgan fingerprint density at radius 1 is 0.852 bits per heavy atom. The minimum absolute atomic E-state index is 0.511. The summed E-state index contributed by atoms with van der Waals surface area (Å²) in [6, 6.07) is 15.9. The molecule has 0 bridgehead atoms. The molecule has 4 rings (SSSR count). The van der Waals surface area contributed by atoms with Gasteiger partial charge in [0, 0.05) is 35.1 Å². The van der Waals surface area contributed by atoms with Crippen molar-refractivity contribution in [2.75, 3.05) is 7.11 Å². The molecular weight excluding hydrogens is 379 g/mol. The first kappa shape index (κ1) is 17.8. The molecule has 0 saturated carbocycles. The van der Waals surface area contributed by atoms with E-state index in [1.54, 1.807) is 25.6 Å². The van der Waals surface area contributed by atoms with Crippen LogP contribution in [0.2, 0.25) is 10.0 Å². The van der Waals surface area contributed by atoms with Gasteiger partial charge < -0.3 is 4.74 Å². The van der Waals surface area contributed by atoms with E-state index >= 15 is 0 Å². The van der Waals surface area contributed by atoms with Gasteiger partial charge in [-0.25, -0.2) is 0 Å². The van der Waals surface area contributed by atoms with E-state index in [0.29, 0.717) is 15.8 Å². The highest BCUT2D eigenvalue weighted by atomic mass is 35.5. The van der Waals surface area contributed by atoms with Crippen molar-refractivity contribution in [2.45, 2.75) is 6.92 Å². The van der Waals surface area contributed by atoms with Crippen LogP contribution in [0.15, 0.2) is 60.9 Å². The predicted octanol–water partition coefficient (Wildman–Crippen LogP) is 6.59. The summed E-state index contributed by atoms with van der Waals surface area (Å²) >= 11 is 13.0. The van der Waals surface area contributed by atoms with Crippen LogP contribution in [0.25, 0.3) is 33.2 Å². The molecule has 0 amide bonds. The molecule has 0 fully saturated rings. The second-order valence-corrected chi connectivity index (χ2v) is 6.99. The van der Waals surface area contributed by atoms with Crippen LogP contribution in [0.3, 0.4) is 0 Å². The molecule has 0 aliphatic rings. The second-order valence-electron chi connectivity index (χ2n) is 6.20. The molecule has 0 unspecified atom stereocenters. The Morgan fingerprint density at radius 3 is 2.15 bits per heavy atom. The number of rotatable bonds is 3. The molecule has 2 heterocycles. The Morgan fingerprint density at radius 2 is 1.48 bits per heavy atom. The Hall–Kier alpha value is -2.62. The van der Waals surface area contributed by atoms with Crippen molar-refractivity contribution in [1.29, 1.82) is 0 Å². The van der Waals surface area contributed by atoms with Crippen LogP contribution in [0.5, 0.6) is 5.75 Å². The van der Waals surface area contributed by atoms with Crippen molar-refractivity contribution in [3.8, 4) is 28.0 Å². The number of nitrogens with zero attached hydrogens (tertiary/aromatic N) is 2. The van der Waals surface area contributed by atoms with Crippen LogP contribution in [-0.2, 0) is 0 Å². The van der Waals surface area contributed by atoms with Crippen LogP contribution >= 0.6 is 23.2 Å². The van der Waals surface area contributed by atoms with Gasteiger partial charge in [-0.3, -0.25) is 9.97 Å². The third-order valence-corrected chi connectivity index (χ3v) is 5.25. The highest BCUT2D eigenvalue weighted by molar-refractivity contribution is 6.39. The number of pyridine rings is 2. The third kappa shape index (κ3) is 3.25. The minimum atomic E-state index is 0.511. The fourth-order valence-electron chi connectivity index (χ4n) is 3.21. The van der Waals surface area contributed by atoms with E-state index in [9.17, 15) is 0 Å². The van der Waals surface area contributed by atoms with Crippen molar-refractivity contribution in [2.24, 2.45) is 0 Å². The molecule has 134 valence electrons. The molecule has 0 atom stereocenters. The van der Waals surface area contributed by atoms with Gasteiger partial charge in [0.15, 0.2) is 0 Å². The lowest BCUT2D eigenvalue weighted by molar-refractivity contribution is 0.415. The SMILES string of the molecule is COc1cc2nc(C)c(-c3ccc(-c4ccncc4)cc3)c(Cl)c2cc1Cl. The fourth-order valence-corrected chi connectivity index (χ4v) is 3.84. The standard InChI is InChI=1S/C22H16Cl2N2O/c1-13-21(16-5-3-14(4-6-16)15-7-9-25-10-8-15)22(24)17-11-18(23)20(27-2)12-19(17)26-13/h3-12H,1-2H3. The van der Waals surface area contributed by atoms with Crippen molar-refractivity contribution >= 4 is 34.1 Å². The lowest BCUT2D eigenvalue weighted by Crippen LogP contribution is -1.94. The molecule has 2 aromatic carbocycles. The summed E-state index contributed by atoms with van der Waals surface area (Å²) < 4.78 is 5.28. The van der Waals surface area contributed by atoms with Gasteiger partial charge in [-0.2, -0.15) is 0 Å². The summed E-state index contributed by atoms with van der Waals surface area (Å²) in [4.78, 5) is 8.77. The Kier molecular flexibility index (Phi) is 4.73. The average Bonchev–Trinajstić information content (AvgIpc) is 2.69. The van der Waals surface area contributed by atoms with Gasteiger partial charge in [-0.15, -0.1) is 0 Å². The molecule has 2 aromatic heterocycles. The maximum absolute atomic E-state index is 6.76. The second kappa shape index (κ2) is 7.18. The number of methoxy groups -OCH3 is 1. The molecule has 0 saturated heterocycles. The number of hydrogen-bond donors (Lipinski definition) is 0. The number of benzene rings is 2. The molecule has 5 heteroatoms. The molecular formula is C22H16Cl2N2O. The summed E-state index contributed by atoms with van der Waals surface area (Å²) in [6.07, 6.45) is 3.57. The van der Waals surface area contributed by atoms with Gasteiger partial charge in [0.2, 0.25) is 0 Å². The highest BCUT2D eigenvalue weighted by Gasteiger charge is 2.15. The van der Waals surface area contributed by atoms with E-state index < -0.39 is 0 Å². The van der Waals surface area contributed by atoms with Gasteiger partial charge in [0.05, 0.1) is 22.7 Å². The van der Waals surface area contributed by atoms with E-state index in [1.165, 1.54) is 0 Å². The molecule has 0 N–H and O–H groups in total. The van der Waals surface area contributed by atoms with Gasteiger partial charge in [-0.05, 0) is 41.8 Å². The normalized spacial score (nSPS) is 11.0. The third-order valence-electron chi connectivity index (χ3n) is 4.56. The van der Waals surface area contributed by atoms with Gasteiger partial charge in [-0.1, -0.05) is 47.5 Å². The quantitative estimate of drug-likeness (QED) is 0.393. The van der Waals surface area contributed by atoms with Gasteiger partial charge >= 0.3 is 0 Å². The van der Waals surface area contributed by atoms with E-state index in [2.05, 4.69) is 29.2 Å². The molecule has 0 aliphatic carbocycles. The maximum atomic E-state index is 6.76. The first-order chi connectivity index (χ1) is 13.1. The smallest absolute Gasteiger partial charge is 0.139 e. The summed E-state index contributed by atoms with van der Waals surface area (Å²) in [5.74, 6) is 0.585. The van der Waals surface area contributed by atoms with Crippen molar-refractivity contribution in [1.82, 2.24) is 9.97 Å². The number of ether oxygens (including phenoxy) is 1. The average molecular weight is 395 g/mol. The number of fused-ring (bicyclic) bond motifs is 1. The van der Waals surface area contributed by atoms with E-state index in [0.717, 1.165) is 38.9 Å². The zero-order chi connectivity index (χ0) is 19.0. The largest absolute Gasteiger partial charge is 0.495 e. The van der Waals surface area contributed by atoms with E-state index in [-0.39, 0.29) is 0 Å². The lowest BCUT2D eigenvalue weighted by Gasteiger charge is -2.13. The Balaban J connectivity index is 1.84. The predicted molar refractivity (Wildman–Crippen MR) is 112 cm³/mol. The number of aromatic nitrogens is 2. The molecule has 0 radical (unpaired) electrons. The number of hydrogen-bond acceptors (Lipinski definition) is 3. The summed E-state index contributed by atoms with van der Waals surface area (Å²) in [6.45, 7) is 1.96. The number of aryl methyl sites for hydroxylation is 1. The first-order valence-electron chi connectivity index (χ1n) is 8.42. The van der Waals surface area contributed by atoms with E-state index in [1.807, 2.05) is 25.1 Å². The summed E-state index contributed by atoms with van der Waals surface area (Å²) in [5.41, 5.74) is 5.78. The lowest BCUT2D eigenvalue weighted by atomic mass is 9.98. The number of halogens is 2. The topological polar surface area (TPSA) is 35.0 Å². The molecule has 27 heavy (non-hydrogen) atoms. The minimum Gasteiger partial charge on any atom is -0.495 e. The molecule has 4 aromatic rings. The molecule has 0 spiro atoms. The van der Waals surface area contributed by atoms with Crippen molar-refractivity contribution < 1.29 is 4.74 Å². The Bertz CT molecular complexity index is 1130. The van der Waals surface area contributed by atoms with Crippen molar-refractivity contribution in [3.05, 3.63) is 76.7 Å². The van der Waals surface area contributed by atoms with E-state index in [4.69, 9.17) is 32.9 Å². The van der Waals surface area contributed by atoms with Gasteiger partial charge in [0.1, 0.15) is 5.75 Å². The fraction of sp³-hybridized carbons (Fsp3) is 0.0909. The van der Waals surface area contributed by atoms with Crippen LogP contribution in [0.1, 0.15) is 5.69 Å². The zero-order valence-corrected chi connectivity index (χ0v) is 16.3. The van der Waals surface area contributed by atoms with Crippen LogP contribution in [0.4, 0.5) is 0 Å². The summed E-state index contributed by atoms with van der Waals surface area (Å²) in [7, 11) is 1.58. The molecule has 3 nitrogen and oxygen atoms in total. The Labute approximate surface area is 167 Å². The van der Waals surface area contributed by atoms with Crippen LogP contribution < -0.4 is 4.74 Å². The maximum Gasteiger partial charge on any atom is 0.139 e. The highest BCUT2D eigenvalue weighted by Crippen LogP contribution is 2.39. The van der Waals surface area contributed by atoms with Crippen LogP contribution in [-0.4, -0.2) is 17.1 Å². The zero-order valence-electron chi connectivity index (χ0n) is 14.8. The first-order valence-corrected chi connectivity index (χ1v) is 9.18.